The van der Waals surface area contributed by atoms with Crippen LogP contribution in [0, 0.1) is 0 Å². The molecule has 1 aromatic rings. The third-order valence-electron chi connectivity index (χ3n) is 5.04. The molecule has 1 unspecified atom stereocenters. The van der Waals surface area contributed by atoms with Gasteiger partial charge in [0.15, 0.2) is 0 Å². The third kappa shape index (κ3) is 3.35. The standard InChI is InChI=1S/C18H29BO2/c1-7-10-14(8-2)15-11-9-12-16(13-15)19-20-17(3,4)18(5,6)21-19/h9,11-14H,7-8,10H2,1-6H3. The van der Waals surface area contributed by atoms with Crippen molar-refractivity contribution in [3.05, 3.63) is 29.8 Å². The van der Waals surface area contributed by atoms with Gasteiger partial charge < -0.3 is 9.31 Å². The highest BCUT2D eigenvalue weighted by atomic mass is 16.7. The van der Waals surface area contributed by atoms with Crippen molar-refractivity contribution >= 4 is 12.6 Å². The second-order valence-corrected chi connectivity index (χ2v) is 7.15. The molecule has 0 aliphatic carbocycles. The first-order valence-corrected chi connectivity index (χ1v) is 8.26. The van der Waals surface area contributed by atoms with Gasteiger partial charge in [-0.25, -0.2) is 0 Å². The first-order valence-electron chi connectivity index (χ1n) is 8.26. The minimum atomic E-state index is -0.277. The Morgan fingerprint density at radius 3 is 2.19 bits per heavy atom. The summed E-state index contributed by atoms with van der Waals surface area (Å²) in [6.45, 7) is 12.9. The van der Waals surface area contributed by atoms with E-state index >= 15 is 0 Å². The summed E-state index contributed by atoms with van der Waals surface area (Å²) >= 11 is 0. The summed E-state index contributed by atoms with van der Waals surface area (Å²) in [5.41, 5.74) is 2.00. The molecule has 0 radical (unpaired) electrons. The highest BCUT2D eigenvalue weighted by Gasteiger charge is 2.51. The van der Waals surface area contributed by atoms with Gasteiger partial charge in [-0.3, -0.25) is 0 Å². The Morgan fingerprint density at radius 1 is 1.05 bits per heavy atom. The van der Waals surface area contributed by atoms with E-state index in [0.717, 1.165) is 5.46 Å². The number of hydrogen-bond acceptors (Lipinski definition) is 2. The van der Waals surface area contributed by atoms with Crippen LogP contribution in [0.2, 0.25) is 0 Å². The first-order chi connectivity index (χ1) is 9.80. The van der Waals surface area contributed by atoms with Crippen molar-refractivity contribution in [2.75, 3.05) is 0 Å². The van der Waals surface area contributed by atoms with Crippen LogP contribution < -0.4 is 5.46 Å². The largest absolute Gasteiger partial charge is 0.494 e. The Morgan fingerprint density at radius 2 is 1.67 bits per heavy atom. The SMILES string of the molecule is CCCC(CC)c1cccc(B2OC(C)(C)C(C)(C)O2)c1. The van der Waals surface area contributed by atoms with E-state index < -0.39 is 0 Å². The predicted molar refractivity (Wildman–Crippen MR) is 90.1 cm³/mol. The van der Waals surface area contributed by atoms with E-state index in [-0.39, 0.29) is 18.3 Å². The van der Waals surface area contributed by atoms with Crippen LogP contribution in [-0.2, 0) is 9.31 Å². The van der Waals surface area contributed by atoms with E-state index in [1.807, 2.05) is 0 Å². The molecule has 1 aromatic carbocycles. The molecule has 0 bridgehead atoms. The fraction of sp³-hybridized carbons (Fsp3) is 0.667. The van der Waals surface area contributed by atoms with Gasteiger partial charge in [-0.1, -0.05) is 44.5 Å². The monoisotopic (exact) mass is 288 g/mol. The van der Waals surface area contributed by atoms with Crippen LogP contribution in [0.15, 0.2) is 24.3 Å². The van der Waals surface area contributed by atoms with Gasteiger partial charge in [0.2, 0.25) is 0 Å². The molecular formula is C18H29BO2. The van der Waals surface area contributed by atoms with Crippen LogP contribution in [0.5, 0.6) is 0 Å². The van der Waals surface area contributed by atoms with Gasteiger partial charge in [0.25, 0.3) is 0 Å². The molecule has 1 fully saturated rings. The van der Waals surface area contributed by atoms with Crippen molar-refractivity contribution in [1.82, 2.24) is 0 Å². The molecule has 3 heteroatoms. The van der Waals surface area contributed by atoms with Crippen molar-refractivity contribution in [2.24, 2.45) is 0 Å². The molecule has 1 atom stereocenters. The minimum Gasteiger partial charge on any atom is -0.399 e. The maximum absolute atomic E-state index is 6.16. The molecule has 1 heterocycles. The lowest BCUT2D eigenvalue weighted by molar-refractivity contribution is 0.00578. The molecular weight excluding hydrogens is 259 g/mol. The summed E-state index contributed by atoms with van der Waals surface area (Å²) in [6.07, 6.45) is 3.64. The van der Waals surface area contributed by atoms with E-state index in [1.165, 1.54) is 24.8 Å². The fourth-order valence-corrected chi connectivity index (χ4v) is 2.89. The highest BCUT2D eigenvalue weighted by molar-refractivity contribution is 6.62. The van der Waals surface area contributed by atoms with Crippen molar-refractivity contribution < 1.29 is 9.31 Å². The lowest BCUT2D eigenvalue weighted by Crippen LogP contribution is -2.41. The van der Waals surface area contributed by atoms with Gasteiger partial charge in [-0.2, -0.15) is 0 Å². The molecule has 116 valence electrons. The van der Waals surface area contributed by atoms with Crippen LogP contribution >= 0.6 is 0 Å². The maximum Gasteiger partial charge on any atom is 0.494 e. The molecule has 0 amide bonds. The quantitative estimate of drug-likeness (QED) is 0.753. The smallest absolute Gasteiger partial charge is 0.399 e. The molecule has 1 aliphatic heterocycles. The highest BCUT2D eigenvalue weighted by Crippen LogP contribution is 2.36. The van der Waals surface area contributed by atoms with E-state index in [1.54, 1.807) is 0 Å². The zero-order chi connectivity index (χ0) is 15.7. The van der Waals surface area contributed by atoms with Crippen LogP contribution in [0.3, 0.4) is 0 Å². The van der Waals surface area contributed by atoms with Crippen molar-refractivity contribution in [3.8, 4) is 0 Å². The van der Waals surface area contributed by atoms with Gasteiger partial charge in [0, 0.05) is 0 Å². The minimum absolute atomic E-state index is 0.255. The van der Waals surface area contributed by atoms with Crippen molar-refractivity contribution in [1.29, 1.82) is 0 Å². The molecule has 0 N–H and O–H groups in total. The Balaban J connectivity index is 2.23. The Labute approximate surface area is 130 Å². The summed E-state index contributed by atoms with van der Waals surface area (Å²) in [5.74, 6) is 0.636. The zero-order valence-corrected chi connectivity index (χ0v) is 14.4. The molecule has 2 nitrogen and oxygen atoms in total. The Kier molecular flexibility index (Phi) is 4.84. The van der Waals surface area contributed by atoms with E-state index in [4.69, 9.17) is 9.31 Å². The summed E-state index contributed by atoms with van der Waals surface area (Å²) < 4.78 is 12.3. The molecule has 1 aliphatic rings. The number of hydrogen-bond donors (Lipinski definition) is 0. The van der Waals surface area contributed by atoms with Crippen LogP contribution in [-0.4, -0.2) is 18.3 Å². The molecule has 1 saturated heterocycles. The van der Waals surface area contributed by atoms with Gasteiger partial charge in [0.1, 0.15) is 0 Å². The number of benzene rings is 1. The molecule has 0 saturated carbocycles. The van der Waals surface area contributed by atoms with Crippen molar-refractivity contribution in [3.63, 3.8) is 0 Å². The number of rotatable bonds is 5. The summed E-state index contributed by atoms with van der Waals surface area (Å²) in [4.78, 5) is 0. The van der Waals surface area contributed by atoms with Crippen LogP contribution in [0.25, 0.3) is 0 Å². The van der Waals surface area contributed by atoms with E-state index in [2.05, 4.69) is 65.8 Å². The molecule has 0 spiro atoms. The van der Waals surface area contributed by atoms with Crippen LogP contribution in [0.1, 0.15) is 72.3 Å². The Bertz CT molecular complexity index is 466. The topological polar surface area (TPSA) is 18.5 Å². The second kappa shape index (κ2) is 6.14. The normalized spacial score (nSPS) is 21.5. The molecule has 21 heavy (non-hydrogen) atoms. The molecule has 0 aromatic heterocycles. The lowest BCUT2D eigenvalue weighted by Gasteiger charge is -2.32. The lowest BCUT2D eigenvalue weighted by atomic mass is 9.77. The van der Waals surface area contributed by atoms with E-state index in [9.17, 15) is 0 Å². The van der Waals surface area contributed by atoms with Crippen LogP contribution in [0.4, 0.5) is 0 Å². The summed E-state index contributed by atoms with van der Waals surface area (Å²) in [5, 5.41) is 0. The maximum atomic E-state index is 6.16. The van der Waals surface area contributed by atoms with Gasteiger partial charge in [-0.15, -0.1) is 0 Å². The average Bonchev–Trinajstić information content (AvgIpc) is 2.65. The predicted octanol–water partition coefficient (Wildman–Crippen LogP) is 4.28. The second-order valence-electron chi connectivity index (χ2n) is 7.15. The first kappa shape index (κ1) is 16.6. The zero-order valence-electron chi connectivity index (χ0n) is 14.4. The van der Waals surface area contributed by atoms with Crippen molar-refractivity contribution in [2.45, 2.75) is 77.9 Å². The van der Waals surface area contributed by atoms with Gasteiger partial charge >= 0.3 is 7.12 Å². The van der Waals surface area contributed by atoms with E-state index in [0.29, 0.717) is 5.92 Å². The summed E-state index contributed by atoms with van der Waals surface area (Å²) in [7, 11) is -0.255. The third-order valence-corrected chi connectivity index (χ3v) is 5.04. The van der Waals surface area contributed by atoms with Gasteiger partial charge in [0.05, 0.1) is 11.2 Å². The Hall–Kier alpha value is -0.795. The fourth-order valence-electron chi connectivity index (χ4n) is 2.89. The average molecular weight is 288 g/mol. The summed E-state index contributed by atoms with van der Waals surface area (Å²) in [6, 6.07) is 8.75. The van der Waals surface area contributed by atoms with Gasteiger partial charge in [-0.05, 0) is 57.5 Å². The molecule has 2 rings (SSSR count).